The van der Waals surface area contributed by atoms with Crippen LogP contribution in [0.2, 0.25) is 0 Å². The molecule has 1 rings (SSSR count). The summed E-state index contributed by atoms with van der Waals surface area (Å²) in [5.74, 6) is 0.562. The smallest absolute Gasteiger partial charge is 0.282 e. The fraction of sp³-hybridized carbons (Fsp3) is 1.00. The second kappa shape index (κ2) is 7.65. The lowest BCUT2D eigenvalue weighted by Gasteiger charge is -2.39. The third kappa shape index (κ3) is 3.81. The number of piperidine rings is 1. The molecule has 1 aliphatic heterocycles. The van der Waals surface area contributed by atoms with Crippen molar-refractivity contribution >= 4 is 22.6 Å². The van der Waals surface area contributed by atoms with E-state index in [0.717, 1.165) is 12.8 Å². The van der Waals surface area contributed by atoms with E-state index in [0.29, 0.717) is 32.1 Å². The van der Waals surface area contributed by atoms with Crippen molar-refractivity contribution in [1.82, 2.24) is 8.61 Å². The molecule has 0 aromatic rings. The van der Waals surface area contributed by atoms with Gasteiger partial charge in [-0.25, -0.2) is 0 Å². The minimum atomic E-state index is -3.32. The molecule has 0 amide bonds. The average Bonchev–Trinajstić information content (AvgIpc) is 2.29. The van der Waals surface area contributed by atoms with Crippen LogP contribution < -0.4 is 5.73 Å². The van der Waals surface area contributed by atoms with Gasteiger partial charge in [0.15, 0.2) is 0 Å². The molecule has 1 aliphatic rings. The molecule has 0 radical (unpaired) electrons. The van der Waals surface area contributed by atoms with Gasteiger partial charge in [-0.3, -0.25) is 0 Å². The van der Waals surface area contributed by atoms with Gasteiger partial charge in [0, 0.05) is 32.2 Å². The zero-order chi connectivity index (χ0) is 13.1. The monoisotopic (exact) mass is 299 g/mol. The lowest BCUT2D eigenvalue weighted by molar-refractivity contribution is 0.198. The van der Waals surface area contributed by atoms with Gasteiger partial charge in [-0.05, 0) is 18.8 Å². The molecule has 0 spiro atoms. The zero-order valence-corrected chi connectivity index (χ0v) is 13.1. The molecule has 0 bridgehead atoms. The minimum Gasteiger partial charge on any atom is -0.329 e. The number of hydrogen-bond acceptors (Lipinski definition) is 3. The maximum Gasteiger partial charge on any atom is 0.282 e. The molecule has 0 saturated carbocycles. The Bertz CT molecular complexity index is 333. The highest BCUT2D eigenvalue weighted by molar-refractivity contribution is 7.86. The third-order valence-electron chi connectivity index (χ3n) is 3.52. The third-order valence-corrected chi connectivity index (χ3v) is 5.77. The van der Waals surface area contributed by atoms with Crippen LogP contribution in [0.5, 0.6) is 0 Å². The number of nitrogens with zero attached hydrogens (tertiary/aromatic N) is 2. The Labute approximate surface area is 117 Å². The first-order chi connectivity index (χ1) is 7.97. The van der Waals surface area contributed by atoms with E-state index >= 15 is 0 Å². The van der Waals surface area contributed by atoms with E-state index < -0.39 is 10.2 Å². The van der Waals surface area contributed by atoms with Gasteiger partial charge in [0.1, 0.15) is 0 Å². The van der Waals surface area contributed by atoms with Crippen LogP contribution in [-0.4, -0.2) is 49.2 Å². The van der Waals surface area contributed by atoms with Crippen molar-refractivity contribution in [3.63, 3.8) is 0 Å². The van der Waals surface area contributed by atoms with Crippen LogP contribution in [0, 0.1) is 5.92 Å². The van der Waals surface area contributed by atoms with Gasteiger partial charge in [0.25, 0.3) is 10.2 Å². The predicted octanol–water partition coefficient (Wildman–Crippen LogP) is 1.05. The zero-order valence-electron chi connectivity index (χ0n) is 11.5. The van der Waals surface area contributed by atoms with Crippen molar-refractivity contribution in [2.24, 2.45) is 11.7 Å². The van der Waals surface area contributed by atoms with Crippen LogP contribution in [0.4, 0.5) is 0 Å². The van der Waals surface area contributed by atoms with Gasteiger partial charge in [-0.15, -0.1) is 12.4 Å². The van der Waals surface area contributed by atoms with Crippen LogP contribution in [0.1, 0.15) is 33.6 Å². The maximum atomic E-state index is 12.4. The highest BCUT2D eigenvalue weighted by Gasteiger charge is 2.36. The first-order valence-corrected chi connectivity index (χ1v) is 7.84. The molecule has 0 aromatic carbocycles. The van der Waals surface area contributed by atoms with Crippen LogP contribution >= 0.6 is 12.4 Å². The van der Waals surface area contributed by atoms with Crippen molar-refractivity contribution in [1.29, 1.82) is 0 Å². The highest BCUT2D eigenvalue weighted by Crippen LogP contribution is 2.25. The SMILES string of the molecule is CCN(CC)S(=O)(=O)N1CCC(C)CC1CN.Cl. The van der Waals surface area contributed by atoms with Crippen molar-refractivity contribution < 1.29 is 8.42 Å². The number of hydrogen-bond donors (Lipinski definition) is 1. The molecule has 5 nitrogen and oxygen atoms in total. The number of halogens is 1. The van der Waals surface area contributed by atoms with Crippen molar-refractivity contribution in [3.8, 4) is 0 Å². The van der Waals surface area contributed by atoms with Crippen LogP contribution in [0.15, 0.2) is 0 Å². The molecular weight excluding hydrogens is 274 g/mol. The Morgan fingerprint density at radius 2 is 1.89 bits per heavy atom. The Kier molecular flexibility index (Phi) is 7.70. The van der Waals surface area contributed by atoms with Crippen LogP contribution in [0.3, 0.4) is 0 Å². The van der Waals surface area contributed by atoms with E-state index in [2.05, 4.69) is 6.92 Å². The van der Waals surface area contributed by atoms with Crippen molar-refractivity contribution in [3.05, 3.63) is 0 Å². The lowest BCUT2D eigenvalue weighted by Crippen LogP contribution is -2.54. The minimum absolute atomic E-state index is 0. The van der Waals surface area contributed by atoms with E-state index in [-0.39, 0.29) is 18.4 Å². The van der Waals surface area contributed by atoms with Crippen LogP contribution in [-0.2, 0) is 10.2 Å². The molecule has 18 heavy (non-hydrogen) atoms. The first kappa shape index (κ1) is 18.1. The standard InChI is InChI=1S/C11H25N3O2S.ClH/c1-4-13(5-2)17(15,16)14-7-6-10(3)8-11(14)9-12;/h10-11H,4-9,12H2,1-3H3;1H. The van der Waals surface area contributed by atoms with Gasteiger partial charge >= 0.3 is 0 Å². The van der Waals surface area contributed by atoms with Gasteiger partial charge in [-0.1, -0.05) is 20.8 Å². The first-order valence-electron chi connectivity index (χ1n) is 6.44. The van der Waals surface area contributed by atoms with Crippen molar-refractivity contribution in [2.75, 3.05) is 26.2 Å². The van der Waals surface area contributed by atoms with Gasteiger partial charge in [-0.2, -0.15) is 17.0 Å². The van der Waals surface area contributed by atoms with E-state index in [4.69, 9.17) is 5.73 Å². The Morgan fingerprint density at radius 3 is 2.33 bits per heavy atom. The normalized spacial score (nSPS) is 26.1. The second-order valence-corrected chi connectivity index (χ2v) is 6.60. The largest absolute Gasteiger partial charge is 0.329 e. The molecule has 7 heteroatoms. The molecule has 0 aliphatic carbocycles. The summed E-state index contributed by atoms with van der Waals surface area (Å²) in [5.41, 5.74) is 5.71. The fourth-order valence-electron chi connectivity index (χ4n) is 2.45. The molecule has 1 saturated heterocycles. The van der Waals surface area contributed by atoms with E-state index in [1.54, 1.807) is 4.31 Å². The average molecular weight is 300 g/mol. The second-order valence-electron chi connectivity index (χ2n) is 4.72. The Morgan fingerprint density at radius 1 is 1.33 bits per heavy atom. The number of rotatable bonds is 5. The lowest BCUT2D eigenvalue weighted by atomic mass is 9.94. The fourth-order valence-corrected chi connectivity index (χ4v) is 4.28. The van der Waals surface area contributed by atoms with Gasteiger partial charge in [0.05, 0.1) is 0 Å². The van der Waals surface area contributed by atoms with Gasteiger partial charge < -0.3 is 5.73 Å². The van der Waals surface area contributed by atoms with Gasteiger partial charge in [0.2, 0.25) is 0 Å². The Balaban J connectivity index is 0.00000289. The summed E-state index contributed by atoms with van der Waals surface area (Å²) < 4.78 is 27.9. The summed E-state index contributed by atoms with van der Waals surface area (Å²) >= 11 is 0. The summed E-state index contributed by atoms with van der Waals surface area (Å²) in [5, 5.41) is 0. The summed E-state index contributed by atoms with van der Waals surface area (Å²) in [7, 11) is -3.32. The summed E-state index contributed by atoms with van der Waals surface area (Å²) in [6.45, 7) is 7.93. The summed E-state index contributed by atoms with van der Waals surface area (Å²) in [6.07, 6.45) is 1.80. The molecule has 0 aromatic heterocycles. The molecule has 2 unspecified atom stereocenters. The van der Waals surface area contributed by atoms with E-state index in [1.807, 2.05) is 13.8 Å². The van der Waals surface area contributed by atoms with Crippen molar-refractivity contribution in [2.45, 2.75) is 39.7 Å². The maximum absolute atomic E-state index is 12.4. The molecule has 1 fully saturated rings. The number of nitrogens with two attached hydrogens (primary N) is 1. The predicted molar refractivity (Wildman–Crippen MR) is 77.0 cm³/mol. The summed E-state index contributed by atoms with van der Waals surface area (Å²) in [4.78, 5) is 0. The van der Waals surface area contributed by atoms with E-state index in [1.165, 1.54) is 4.31 Å². The Hall–Kier alpha value is 0.120. The molecular formula is C11H26ClN3O2S. The molecule has 2 N–H and O–H groups in total. The topological polar surface area (TPSA) is 66.6 Å². The molecule has 110 valence electrons. The molecule has 1 heterocycles. The van der Waals surface area contributed by atoms with E-state index in [9.17, 15) is 8.42 Å². The van der Waals surface area contributed by atoms with Crippen LogP contribution in [0.25, 0.3) is 0 Å². The summed E-state index contributed by atoms with van der Waals surface area (Å²) in [6, 6.07) is -0.0376. The molecule has 2 atom stereocenters. The quantitative estimate of drug-likeness (QED) is 0.825. The highest BCUT2D eigenvalue weighted by atomic mass is 35.5.